The van der Waals surface area contributed by atoms with Gasteiger partial charge in [0.2, 0.25) is 0 Å². The maximum Gasteiger partial charge on any atom is 0.116 e. The highest BCUT2D eigenvalue weighted by molar-refractivity contribution is 6.64. The predicted octanol–water partition coefficient (Wildman–Crippen LogP) is 5.64. The fourth-order valence-electron chi connectivity index (χ4n) is 4.40. The number of allylic oxidation sites excluding steroid dienone is 6. The van der Waals surface area contributed by atoms with Crippen LogP contribution < -0.4 is 5.19 Å². The molecule has 5 rings (SSSR count). The van der Waals surface area contributed by atoms with E-state index in [1.165, 1.54) is 59.1 Å². The summed E-state index contributed by atoms with van der Waals surface area (Å²) < 4.78 is 2.59. The Morgan fingerprint density at radius 3 is 2.69 bits per heavy atom. The lowest BCUT2D eigenvalue weighted by Gasteiger charge is -2.21. The van der Waals surface area contributed by atoms with Crippen molar-refractivity contribution >= 4 is 36.5 Å². The van der Waals surface area contributed by atoms with Crippen molar-refractivity contribution < 1.29 is 0 Å². The number of fused-ring (bicyclic) bond motifs is 3. The van der Waals surface area contributed by atoms with Gasteiger partial charge in [-0.15, -0.1) is 0 Å². The molecule has 2 aromatic carbocycles. The molecule has 2 aliphatic carbocycles. The van der Waals surface area contributed by atoms with E-state index in [4.69, 9.17) is 0 Å². The van der Waals surface area contributed by atoms with Crippen molar-refractivity contribution in [3.05, 3.63) is 78.0 Å². The first kappa shape index (κ1) is 15.9. The zero-order chi connectivity index (χ0) is 17.3. The number of aromatic nitrogens is 1. The lowest BCUT2D eigenvalue weighted by atomic mass is 10.0. The normalized spacial score (nSPS) is 20.0. The smallest absolute Gasteiger partial charge is 0.116 e. The highest BCUT2D eigenvalue weighted by Crippen LogP contribution is 2.34. The van der Waals surface area contributed by atoms with Gasteiger partial charge in [-0.05, 0) is 49.4 Å². The number of para-hydroxylation sites is 1. The first-order valence-corrected chi connectivity index (χ1v) is 10.7. The van der Waals surface area contributed by atoms with Crippen LogP contribution >= 0.6 is 0 Å². The lowest BCUT2D eigenvalue weighted by Crippen LogP contribution is -2.18. The van der Waals surface area contributed by atoms with E-state index in [1.807, 2.05) is 0 Å². The van der Waals surface area contributed by atoms with Crippen molar-refractivity contribution in [2.24, 2.45) is 0 Å². The second kappa shape index (κ2) is 6.77. The standard InChI is InChI=1S/C24H23NSi/c1-3-10-18(11-4-1)25-21-15-8-7-14-20(21)24-22(25)16-9-17-23(24)26-19-12-5-2-6-13-19/h2-3,5,7-10,12,14-18H,1,4,6,11,13H2. The van der Waals surface area contributed by atoms with Gasteiger partial charge in [-0.2, -0.15) is 0 Å². The molecular weight excluding hydrogens is 330 g/mol. The van der Waals surface area contributed by atoms with Crippen molar-refractivity contribution in [1.82, 2.24) is 4.57 Å². The minimum absolute atomic E-state index is 0.488. The van der Waals surface area contributed by atoms with Crippen LogP contribution in [0.2, 0.25) is 0 Å². The maximum atomic E-state index is 2.59. The topological polar surface area (TPSA) is 4.93 Å². The first-order chi connectivity index (χ1) is 12.9. The molecule has 1 nitrogen and oxygen atoms in total. The van der Waals surface area contributed by atoms with Crippen molar-refractivity contribution in [2.45, 2.75) is 38.1 Å². The number of hydrogen-bond donors (Lipinski definition) is 0. The highest BCUT2D eigenvalue weighted by atomic mass is 28.2. The van der Waals surface area contributed by atoms with Gasteiger partial charge in [0.15, 0.2) is 0 Å². The van der Waals surface area contributed by atoms with Crippen LogP contribution in [-0.2, 0) is 0 Å². The minimum Gasteiger partial charge on any atom is -0.333 e. The summed E-state index contributed by atoms with van der Waals surface area (Å²) in [6.07, 6.45) is 17.7. The Morgan fingerprint density at radius 2 is 1.85 bits per heavy atom. The summed E-state index contributed by atoms with van der Waals surface area (Å²) in [6, 6.07) is 16.4. The van der Waals surface area contributed by atoms with Crippen molar-refractivity contribution in [2.75, 3.05) is 0 Å². The van der Waals surface area contributed by atoms with Crippen LogP contribution in [0, 0.1) is 0 Å². The molecule has 3 aromatic rings. The molecule has 0 aliphatic heterocycles. The fraction of sp³-hybridized carbons (Fsp3) is 0.250. The molecular formula is C24H23NSi. The van der Waals surface area contributed by atoms with Gasteiger partial charge < -0.3 is 4.57 Å². The zero-order valence-corrected chi connectivity index (χ0v) is 16.0. The van der Waals surface area contributed by atoms with Gasteiger partial charge in [0.05, 0.1) is 6.04 Å². The second-order valence-electron chi connectivity index (χ2n) is 7.30. The summed E-state index contributed by atoms with van der Waals surface area (Å²) >= 11 is 0. The Balaban J connectivity index is 1.73. The molecule has 2 aliphatic rings. The van der Waals surface area contributed by atoms with Crippen molar-refractivity contribution in [1.29, 1.82) is 0 Å². The van der Waals surface area contributed by atoms with Gasteiger partial charge in [0.1, 0.15) is 9.52 Å². The van der Waals surface area contributed by atoms with Crippen LogP contribution in [0.4, 0.5) is 0 Å². The van der Waals surface area contributed by atoms with Gasteiger partial charge in [0.25, 0.3) is 0 Å². The molecule has 2 heteroatoms. The molecule has 1 heterocycles. The summed E-state index contributed by atoms with van der Waals surface area (Å²) in [7, 11) is 0.772. The third-order valence-corrected chi connectivity index (χ3v) is 7.03. The Morgan fingerprint density at radius 1 is 0.923 bits per heavy atom. The van der Waals surface area contributed by atoms with Crippen LogP contribution in [0.1, 0.15) is 38.1 Å². The molecule has 0 amide bonds. The Kier molecular flexibility index (Phi) is 4.14. The van der Waals surface area contributed by atoms with E-state index in [-0.39, 0.29) is 0 Å². The van der Waals surface area contributed by atoms with Gasteiger partial charge in [-0.3, -0.25) is 0 Å². The Labute approximate surface area is 157 Å². The third-order valence-electron chi connectivity index (χ3n) is 5.60. The predicted molar refractivity (Wildman–Crippen MR) is 113 cm³/mol. The maximum absolute atomic E-state index is 2.59. The van der Waals surface area contributed by atoms with Crippen LogP contribution in [0.25, 0.3) is 21.8 Å². The van der Waals surface area contributed by atoms with Gasteiger partial charge in [-0.25, -0.2) is 0 Å². The van der Waals surface area contributed by atoms with Crippen LogP contribution in [0.5, 0.6) is 0 Å². The molecule has 0 spiro atoms. The molecule has 26 heavy (non-hydrogen) atoms. The van der Waals surface area contributed by atoms with E-state index in [9.17, 15) is 0 Å². The van der Waals surface area contributed by atoms with Gasteiger partial charge in [-0.1, -0.05) is 65.9 Å². The molecule has 1 atom stereocenters. The van der Waals surface area contributed by atoms with E-state index in [2.05, 4.69) is 77.4 Å². The Hall–Kier alpha value is -2.32. The Bertz CT molecular complexity index is 1050. The van der Waals surface area contributed by atoms with Gasteiger partial charge >= 0.3 is 0 Å². The summed E-state index contributed by atoms with van der Waals surface area (Å²) in [5.41, 5.74) is 2.79. The molecule has 0 saturated heterocycles. The highest BCUT2D eigenvalue weighted by Gasteiger charge is 2.19. The average molecular weight is 354 g/mol. The zero-order valence-electron chi connectivity index (χ0n) is 15.0. The van der Waals surface area contributed by atoms with Crippen LogP contribution in [0.15, 0.2) is 78.0 Å². The molecule has 0 fully saturated rings. The van der Waals surface area contributed by atoms with E-state index < -0.39 is 0 Å². The molecule has 0 bridgehead atoms. The number of benzene rings is 2. The number of hydrogen-bond acceptors (Lipinski definition) is 0. The van der Waals surface area contributed by atoms with Crippen molar-refractivity contribution in [3.63, 3.8) is 0 Å². The molecule has 1 aromatic heterocycles. The number of rotatable bonds is 3. The summed E-state index contributed by atoms with van der Waals surface area (Å²) in [6.45, 7) is 0. The van der Waals surface area contributed by atoms with Gasteiger partial charge in [0, 0.05) is 21.8 Å². The summed E-state index contributed by atoms with van der Waals surface area (Å²) in [5, 5.41) is 5.96. The minimum atomic E-state index is 0.488. The van der Waals surface area contributed by atoms with E-state index in [0.29, 0.717) is 6.04 Å². The first-order valence-electron chi connectivity index (χ1n) is 9.73. The van der Waals surface area contributed by atoms with Crippen LogP contribution in [0.3, 0.4) is 0 Å². The van der Waals surface area contributed by atoms with E-state index in [0.717, 1.165) is 9.52 Å². The summed E-state index contributed by atoms with van der Waals surface area (Å²) in [5.74, 6) is 0. The summed E-state index contributed by atoms with van der Waals surface area (Å²) in [4.78, 5) is 0. The molecule has 1 unspecified atom stereocenters. The second-order valence-corrected chi connectivity index (χ2v) is 8.73. The largest absolute Gasteiger partial charge is 0.333 e. The lowest BCUT2D eigenvalue weighted by molar-refractivity contribution is 0.542. The fourth-order valence-corrected chi connectivity index (χ4v) is 5.76. The van der Waals surface area contributed by atoms with Crippen LogP contribution in [-0.4, -0.2) is 14.1 Å². The average Bonchev–Trinajstić information content (AvgIpc) is 3.05. The molecule has 128 valence electrons. The van der Waals surface area contributed by atoms with Crippen molar-refractivity contribution in [3.8, 4) is 0 Å². The molecule has 2 radical (unpaired) electrons. The molecule has 0 saturated carbocycles. The monoisotopic (exact) mass is 353 g/mol. The van der Waals surface area contributed by atoms with E-state index in [1.54, 1.807) is 5.20 Å². The number of nitrogens with zero attached hydrogens (tertiary/aromatic N) is 1. The SMILES string of the molecule is C1=CCCC([Si]c2cccc3c2c2ccccc2n3C2C=CCCC2)=C1. The van der Waals surface area contributed by atoms with E-state index >= 15 is 0 Å². The third kappa shape index (κ3) is 2.69. The molecule has 0 N–H and O–H groups in total. The quantitative estimate of drug-likeness (QED) is 0.424.